The molecule has 2 aliphatic rings. The number of nitrogens with one attached hydrogen (secondary N) is 1. The Hall–Kier alpha value is -3.43. The maximum atomic E-state index is 13.6. The number of carbonyl (C=O) groups excluding carboxylic acids is 3. The predicted octanol–water partition coefficient (Wildman–Crippen LogP) is 3.84. The van der Waals surface area contributed by atoms with E-state index in [0.29, 0.717) is 53.6 Å². The minimum Gasteiger partial charge on any atom is -0.463 e. The zero-order valence-corrected chi connectivity index (χ0v) is 21.8. The number of urea groups is 1. The normalized spacial score (nSPS) is 20.6. The van der Waals surface area contributed by atoms with Crippen LogP contribution in [0.15, 0.2) is 59.8 Å². The van der Waals surface area contributed by atoms with Crippen molar-refractivity contribution in [2.45, 2.75) is 25.9 Å². The van der Waals surface area contributed by atoms with Crippen LogP contribution in [0, 0.1) is 5.82 Å². The van der Waals surface area contributed by atoms with E-state index in [1.54, 1.807) is 55.3 Å². The van der Waals surface area contributed by atoms with Crippen molar-refractivity contribution in [1.29, 1.82) is 0 Å². The van der Waals surface area contributed by atoms with Gasteiger partial charge in [0.25, 0.3) is 5.91 Å². The zero-order valence-electron chi connectivity index (χ0n) is 21.0. The van der Waals surface area contributed by atoms with E-state index in [9.17, 15) is 18.8 Å². The molecular formula is C27H30ClFN4O4. The monoisotopic (exact) mass is 528 g/mol. The molecule has 2 aromatic rings. The number of likely N-dealkylation sites (N-methyl/N-ethyl adjacent to an activating group) is 1. The van der Waals surface area contributed by atoms with Gasteiger partial charge in [-0.25, -0.2) is 14.0 Å². The molecule has 2 atom stereocenters. The van der Waals surface area contributed by atoms with Crippen LogP contribution in [0.25, 0.3) is 0 Å². The molecule has 37 heavy (non-hydrogen) atoms. The maximum Gasteiger partial charge on any atom is 0.338 e. The summed E-state index contributed by atoms with van der Waals surface area (Å²) in [5.74, 6) is -1.09. The van der Waals surface area contributed by atoms with Crippen LogP contribution < -0.4 is 5.32 Å². The van der Waals surface area contributed by atoms with Crippen molar-refractivity contribution in [3.63, 3.8) is 0 Å². The van der Waals surface area contributed by atoms with E-state index in [-0.39, 0.29) is 24.6 Å². The highest BCUT2D eigenvalue weighted by Gasteiger charge is 2.38. The number of piperazine rings is 1. The Labute approximate surface area is 220 Å². The SMILES string of the molecule is CCOC(=O)C1=C(CN2CCN(C(=O)c3ccccc3Cl)C(C)C2)N(C)C(=O)NC1c1ccc(F)cc1. The van der Waals surface area contributed by atoms with Crippen molar-refractivity contribution in [1.82, 2.24) is 20.0 Å². The van der Waals surface area contributed by atoms with E-state index in [4.69, 9.17) is 16.3 Å². The van der Waals surface area contributed by atoms with Crippen molar-refractivity contribution in [2.75, 3.05) is 39.8 Å². The fraction of sp³-hybridized carbons (Fsp3) is 0.370. The quantitative estimate of drug-likeness (QED) is 0.576. The number of esters is 1. The summed E-state index contributed by atoms with van der Waals surface area (Å²) in [5, 5.41) is 3.24. The number of carbonyl (C=O) groups is 3. The molecule has 0 bridgehead atoms. The molecule has 10 heteroatoms. The third-order valence-corrected chi connectivity index (χ3v) is 7.06. The average molecular weight is 529 g/mol. The van der Waals surface area contributed by atoms with E-state index in [1.807, 2.05) is 6.92 Å². The maximum absolute atomic E-state index is 13.6. The van der Waals surface area contributed by atoms with Crippen LogP contribution in [0.3, 0.4) is 0 Å². The van der Waals surface area contributed by atoms with Crippen molar-refractivity contribution in [2.24, 2.45) is 0 Å². The Morgan fingerprint density at radius 2 is 1.84 bits per heavy atom. The van der Waals surface area contributed by atoms with Gasteiger partial charge in [-0.2, -0.15) is 0 Å². The first kappa shape index (κ1) is 26.6. The number of benzene rings is 2. The van der Waals surface area contributed by atoms with Crippen LogP contribution in [-0.4, -0.2) is 78.5 Å². The number of hydrogen-bond acceptors (Lipinski definition) is 5. The summed E-state index contributed by atoms with van der Waals surface area (Å²) in [4.78, 5) is 44.5. The van der Waals surface area contributed by atoms with E-state index in [2.05, 4.69) is 10.2 Å². The van der Waals surface area contributed by atoms with E-state index in [0.717, 1.165) is 0 Å². The Bertz CT molecular complexity index is 1220. The minimum atomic E-state index is -0.779. The van der Waals surface area contributed by atoms with Gasteiger partial charge in [-0.3, -0.25) is 14.6 Å². The molecule has 0 spiro atoms. The molecule has 4 rings (SSSR count). The molecule has 3 amide bonds. The second kappa shape index (κ2) is 11.3. The van der Waals surface area contributed by atoms with Crippen LogP contribution in [0.5, 0.6) is 0 Å². The Kier molecular flexibility index (Phi) is 8.14. The van der Waals surface area contributed by atoms with Gasteiger partial charge in [0.1, 0.15) is 5.82 Å². The van der Waals surface area contributed by atoms with Crippen molar-refractivity contribution >= 4 is 29.5 Å². The van der Waals surface area contributed by atoms with E-state index >= 15 is 0 Å². The second-order valence-corrected chi connectivity index (χ2v) is 9.54. The number of halogens is 2. The first-order valence-corrected chi connectivity index (χ1v) is 12.6. The van der Waals surface area contributed by atoms with Gasteiger partial charge in [-0.1, -0.05) is 35.9 Å². The number of rotatable bonds is 6. The van der Waals surface area contributed by atoms with Crippen LogP contribution in [0.1, 0.15) is 35.8 Å². The molecule has 1 N–H and O–H groups in total. The molecule has 196 valence electrons. The Morgan fingerprint density at radius 3 is 2.49 bits per heavy atom. The van der Waals surface area contributed by atoms with E-state index < -0.39 is 17.8 Å². The summed E-state index contributed by atoms with van der Waals surface area (Å²) in [6.07, 6.45) is 0. The summed E-state index contributed by atoms with van der Waals surface area (Å²) in [7, 11) is 1.60. The molecule has 0 aromatic heterocycles. The average Bonchev–Trinajstić information content (AvgIpc) is 2.87. The molecule has 1 saturated heterocycles. The lowest BCUT2D eigenvalue weighted by Gasteiger charge is -2.42. The van der Waals surface area contributed by atoms with Gasteiger partial charge in [0.2, 0.25) is 0 Å². The molecule has 2 unspecified atom stereocenters. The highest BCUT2D eigenvalue weighted by molar-refractivity contribution is 6.33. The number of hydrogen-bond donors (Lipinski definition) is 1. The molecule has 0 radical (unpaired) electrons. The van der Waals surface area contributed by atoms with Gasteiger partial charge < -0.3 is 15.0 Å². The summed E-state index contributed by atoms with van der Waals surface area (Å²) in [6, 6.07) is 11.4. The first-order chi connectivity index (χ1) is 17.7. The smallest absolute Gasteiger partial charge is 0.338 e. The van der Waals surface area contributed by atoms with Crippen LogP contribution >= 0.6 is 11.6 Å². The molecule has 0 aliphatic carbocycles. The van der Waals surface area contributed by atoms with Gasteiger partial charge in [0.15, 0.2) is 0 Å². The lowest BCUT2D eigenvalue weighted by Crippen LogP contribution is -2.56. The highest BCUT2D eigenvalue weighted by atomic mass is 35.5. The molecular weight excluding hydrogens is 499 g/mol. The predicted molar refractivity (Wildman–Crippen MR) is 137 cm³/mol. The Balaban J connectivity index is 1.60. The lowest BCUT2D eigenvalue weighted by molar-refractivity contribution is -0.139. The van der Waals surface area contributed by atoms with Crippen molar-refractivity contribution < 1.29 is 23.5 Å². The highest BCUT2D eigenvalue weighted by Crippen LogP contribution is 2.32. The molecule has 8 nitrogen and oxygen atoms in total. The standard InChI is InChI=1S/C27H30ClFN4O4/c1-4-37-26(35)23-22(31(3)27(36)30-24(23)18-9-11-19(29)12-10-18)16-32-13-14-33(17(2)15-32)25(34)20-7-5-6-8-21(20)28/h5-12,17,24H,4,13-16H2,1-3H3,(H,30,36). The molecule has 2 aliphatic heterocycles. The van der Waals surface area contributed by atoms with Crippen molar-refractivity contribution in [3.05, 3.63) is 81.8 Å². The molecule has 2 aromatic carbocycles. The number of nitrogens with zero attached hydrogens (tertiary/aromatic N) is 3. The van der Waals surface area contributed by atoms with Crippen molar-refractivity contribution in [3.8, 4) is 0 Å². The fourth-order valence-electron chi connectivity index (χ4n) is 4.78. The van der Waals surface area contributed by atoms with Crippen LogP contribution in [0.4, 0.5) is 9.18 Å². The van der Waals surface area contributed by atoms with Gasteiger partial charge in [-0.15, -0.1) is 0 Å². The molecule has 0 saturated carbocycles. The van der Waals surface area contributed by atoms with Crippen LogP contribution in [-0.2, 0) is 9.53 Å². The summed E-state index contributed by atoms with van der Waals surface area (Å²) in [5.41, 5.74) is 1.85. The number of ether oxygens (including phenoxy) is 1. The Morgan fingerprint density at radius 1 is 1.14 bits per heavy atom. The minimum absolute atomic E-state index is 0.125. The third kappa shape index (κ3) is 5.62. The van der Waals surface area contributed by atoms with Gasteiger partial charge in [0, 0.05) is 45.0 Å². The summed E-state index contributed by atoms with van der Waals surface area (Å²) < 4.78 is 18.9. The topological polar surface area (TPSA) is 82.2 Å². The lowest BCUT2D eigenvalue weighted by atomic mass is 9.94. The van der Waals surface area contributed by atoms with Gasteiger partial charge in [-0.05, 0) is 43.7 Å². The fourth-order valence-corrected chi connectivity index (χ4v) is 5.00. The first-order valence-electron chi connectivity index (χ1n) is 12.2. The summed E-state index contributed by atoms with van der Waals surface area (Å²) in [6.45, 7) is 5.68. The molecule has 2 heterocycles. The third-order valence-electron chi connectivity index (χ3n) is 6.73. The largest absolute Gasteiger partial charge is 0.463 e. The summed E-state index contributed by atoms with van der Waals surface area (Å²) >= 11 is 6.25. The molecule has 1 fully saturated rings. The van der Waals surface area contributed by atoms with Gasteiger partial charge >= 0.3 is 12.0 Å². The zero-order chi connectivity index (χ0) is 26.7. The second-order valence-electron chi connectivity index (χ2n) is 9.14. The van der Waals surface area contributed by atoms with Crippen LogP contribution in [0.2, 0.25) is 5.02 Å². The van der Waals surface area contributed by atoms with E-state index in [1.165, 1.54) is 17.0 Å². The van der Waals surface area contributed by atoms with Gasteiger partial charge in [0.05, 0.1) is 28.8 Å². The number of amides is 3.